The first kappa shape index (κ1) is 27.6. The first-order valence-corrected chi connectivity index (χ1v) is 17.8. The van der Waals surface area contributed by atoms with E-state index in [1.54, 1.807) is 0 Å². The topological polar surface area (TPSA) is 11.3 Å². The summed E-state index contributed by atoms with van der Waals surface area (Å²) in [5.41, 5.74) is 2.51. The third-order valence-corrected chi connectivity index (χ3v) is 6.09. The standard InChI is InChI=1S/C25H37O.4ClH.Fe/c1-2-3-4-5-6-7-8-9-10-11-14-21-17-18-25-23(19-21)20-22-15-12-13-16-24(22)26-25;;;;;/h12-13,15-16,20-21H,2-11,14,17-19H2,1H3;4*1H;/q+1;;;;;+3/p-4. The van der Waals surface area contributed by atoms with E-state index in [2.05, 4.69) is 37.3 Å². The molecule has 1 aromatic carbocycles. The molecule has 0 spiro atoms. The molecule has 1 atom stereocenters. The molecule has 0 amide bonds. The Morgan fingerprint density at radius 3 is 2.10 bits per heavy atom. The fourth-order valence-electron chi connectivity index (χ4n) is 4.46. The van der Waals surface area contributed by atoms with Gasteiger partial charge in [0.2, 0.25) is 0 Å². The maximum atomic E-state index is 6.14. The van der Waals surface area contributed by atoms with Crippen LogP contribution in [0, 0.1) is 5.92 Å². The van der Waals surface area contributed by atoms with Crippen molar-refractivity contribution < 1.29 is 13.6 Å². The number of benzene rings is 1. The molecule has 0 aliphatic heterocycles. The molecule has 1 aliphatic rings. The Hall–Kier alpha value is 0.309. The van der Waals surface area contributed by atoms with Crippen molar-refractivity contribution in [2.45, 2.75) is 96.8 Å². The zero-order valence-corrected chi connectivity index (χ0v) is 22.8. The van der Waals surface area contributed by atoms with Crippen LogP contribution in [0.3, 0.4) is 0 Å². The van der Waals surface area contributed by atoms with Crippen molar-refractivity contribution in [3.63, 3.8) is 0 Å². The van der Waals surface area contributed by atoms with Gasteiger partial charge >= 0.3 is 60.9 Å². The van der Waals surface area contributed by atoms with Crippen LogP contribution >= 0.6 is 40.4 Å². The summed E-state index contributed by atoms with van der Waals surface area (Å²) in [6.45, 7) is 2.29. The number of aryl methyl sites for hydroxylation is 1. The van der Waals surface area contributed by atoms with Crippen LogP contribution < -0.4 is 0 Å². The maximum absolute atomic E-state index is 6.14. The van der Waals surface area contributed by atoms with Crippen molar-refractivity contribution in [3.8, 4) is 0 Å². The molecule has 0 radical (unpaired) electrons. The molecule has 6 heteroatoms. The van der Waals surface area contributed by atoms with E-state index >= 15 is 0 Å². The number of hydrogen-bond donors (Lipinski definition) is 0. The molecule has 1 aromatic heterocycles. The molecule has 0 bridgehead atoms. The van der Waals surface area contributed by atoms with Crippen LogP contribution in [-0.4, -0.2) is 0 Å². The Balaban J connectivity index is 0.000000614. The molecular weight excluding hydrogens is 514 g/mol. The van der Waals surface area contributed by atoms with Gasteiger partial charge in [0, 0.05) is 6.07 Å². The van der Waals surface area contributed by atoms with Crippen molar-refractivity contribution in [3.05, 3.63) is 41.7 Å². The summed E-state index contributed by atoms with van der Waals surface area (Å²) in [7, 11) is 17.2. The number of fused-ring (bicyclic) bond motifs is 2. The molecule has 2 aromatic rings. The quantitative estimate of drug-likeness (QED) is 0.154. The van der Waals surface area contributed by atoms with Crippen LogP contribution in [0.5, 0.6) is 0 Å². The van der Waals surface area contributed by atoms with Gasteiger partial charge in [0.15, 0.2) is 0 Å². The zero-order valence-electron chi connectivity index (χ0n) is 18.6. The Morgan fingerprint density at radius 1 is 0.871 bits per heavy atom. The van der Waals surface area contributed by atoms with E-state index in [9.17, 15) is 0 Å². The van der Waals surface area contributed by atoms with E-state index in [-0.39, 0.29) is 0 Å². The summed E-state index contributed by atoms with van der Waals surface area (Å²) in [6, 6.07) is 10.8. The van der Waals surface area contributed by atoms with Crippen molar-refractivity contribution >= 4 is 51.4 Å². The molecule has 179 valence electrons. The fraction of sp³-hybridized carbons (Fsp3) is 0.640. The van der Waals surface area contributed by atoms with E-state index in [0.29, 0.717) is 0 Å². The summed E-state index contributed by atoms with van der Waals surface area (Å²) in [6.07, 6.45) is 19.4. The van der Waals surface area contributed by atoms with E-state index in [4.69, 9.17) is 44.8 Å². The van der Waals surface area contributed by atoms with E-state index in [1.807, 2.05) is 0 Å². The van der Waals surface area contributed by atoms with Gasteiger partial charge in [-0.15, -0.1) is 0 Å². The Labute approximate surface area is 208 Å². The van der Waals surface area contributed by atoms with Gasteiger partial charge in [-0.1, -0.05) is 89.7 Å². The van der Waals surface area contributed by atoms with Gasteiger partial charge < -0.3 is 0 Å². The van der Waals surface area contributed by atoms with Gasteiger partial charge in [0.1, 0.15) is 0 Å². The molecule has 1 aliphatic carbocycles. The van der Waals surface area contributed by atoms with Crippen molar-refractivity contribution in [2.24, 2.45) is 5.92 Å². The zero-order chi connectivity index (χ0) is 22.5. The SMILES string of the molecule is CCCCCCCCCCCCC1CCc2[o+]c3ccccc3cc2C1.[Cl][Fe-]([Cl])([Cl])[Cl]. The first-order valence-electron chi connectivity index (χ1n) is 11.7. The van der Waals surface area contributed by atoms with Gasteiger partial charge in [-0.05, 0) is 30.9 Å². The van der Waals surface area contributed by atoms with Crippen LogP contribution in [0.15, 0.2) is 34.7 Å². The molecule has 1 heterocycles. The second kappa shape index (κ2) is 15.3. The number of unbranched alkanes of at least 4 members (excludes halogenated alkanes) is 9. The van der Waals surface area contributed by atoms with Gasteiger partial charge in [-0.2, -0.15) is 0 Å². The van der Waals surface area contributed by atoms with Crippen LogP contribution in [0.4, 0.5) is 0 Å². The average molecular weight is 551 g/mol. The van der Waals surface area contributed by atoms with E-state index < -0.39 is 9.20 Å². The third kappa shape index (κ3) is 12.4. The molecule has 0 saturated heterocycles. The molecule has 3 rings (SSSR count). The summed E-state index contributed by atoms with van der Waals surface area (Å²) in [5.74, 6) is 2.11. The van der Waals surface area contributed by atoms with Crippen molar-refractivity contribution in [1.82, 2.24) is 0 Å². The fourth-order valence-corrected chi connectivity index (χ4v) is 4.46. The predicted octanol–water partition coefficient (Wildman–Crippen LogP) is 10.9. The molecule has 0 saturated carbocycles. The average Bonchev–Trinajstić information content (AvgIpc) is 2.72. The summed E-state index contributed by atoms with van der Waals surface area (Å²) < 4.78 is 6.14. The third-order valence-electron chi connectivity index (χ3n) is 6.09. The van der Waals surface area contributed by atoms with Crippen LogP contribution in [0.2, 0.25) is 0 Å². The Kier molecular flexibility index (Phi) is 13.6. The summed E-state index contributed by atoms with van der Waals surface area (Å²) >= 11 is 0. The first-order chi connectivity index (χ1) is 14.9. The second-order valence-corrected chi connectivity index (χ2v) is 19.6. The van der Waals surface area contributed by atoms with Crippen molar-refractivity contribution in [1.29, 1.82) is 0 Å². The molecular formula is C25H37Cl4FeO. The van der Waals surface area contributed by atoms with Gasteiger partial charge in [0.05, 0.1) is 17.4 Å². The Morgan fingerprint density at radius 2 is 1.45 bits per heavy atom. The predicted molar refractivity (Wildman–Crippen MR) is 136 cm³/mol. The van der Waals surface area contributed by atoms with E-state index in [1.165, 1.54) is 100 Å². The van der Waals surface area contributed by atoms with E-state index in [0.717, 1.165) is 17.9 Å². The van der Waals surface area contributed by atoms with Crippen LogP contribution in [0.1, 0.15) is 95.3 Å². The molecule has 1 unspecified atom stereocenters. The molecule has 0 fully saturated rings. The normalized spacial score (nSPS) is 16.5. The summed E-state index contributed by atoms with van der Waals surface area (Å²) in [5, 5.41) is 1.26. The van der Waals surface area contributed by atoms with Crippen molar-refractivity contribution in [2.75, 3.05) is 0 Å². The number of rotatable bonds is 11. The van der Waals surface area contributed by atoms with Crippen LogP contribution in [0.25, 0.3) is 11.0 Å². The molecule has 0 N–H and O–H groups in total. The minimum atomic E-state index is -2.61. The minimum absolute atomic E-state index is 0.868. The molecule has 31 heavy (non-hydrogen) atoms. The number of hydrogen-bond acceptors (Lipinski definition) is 0. The summed E-state index contributed by atoms with van der Waals surface area (Å²) in [4.78, 5) is 0. The van der Waals surface area contributed by atoms with Gasteiger partial charge in [-0.3, -0.25) is 0 Å². The van der Waals surface area contributed by atoms with Gasteiger partial charge in [0.25, 0.3) is 0 Å². The van der Waals surface area contributed by atoms with Gasteiger partial charge in [-0.25, -0.2) is 4.42 Å². The Bertz CT molecular complexity index is 757. The van der Waals surface area contributed by atoms with Crippen LogP contribution in [-0.2, 0) is 22.0 Å². The molecule has 1 nitrogen and oxygen atoms in total. The number of para-hydroxylation sites is 1. The second-order valence-electron chi connectivity index (χ2n) is 8.62. The number of halogens is 4. The monoisotopic (exact) mass is 549 g/mol.